The highest BCUT2D eigenvalue weighted by Crippen LogP contribution is 2.40. The van der Waals surface area contributed by atoms with Gasteiger partial charge in [-0.2, -0.15) is 0 Å². The molecule has 140 valence electrons. The smallest absolute Gasteiger partial charge is 0.531 e. The van der Waals surface area contributed by atoms with E-state index in [2.05, 4.69) is 0 Å². The van der Waals surface area contributed by atoms with Crippen LogP contribution in [0.3, 0.4) is 0 Å². The van der Waals surface area contributed by atoms with Crippen LogP contribution in [0, 0.1) is 0 Å². The molecule has 2 aliphatic rings. The van der Waals surface area contributed by atoms with Crippen molar-refractivity contribution in [2.24, 2.45) is 0 Å². The van der Waals surface area contributed by atoms with Gasteiger partial charge in [0.05, 0.1) is 13.1 Å². The van der Waals surface area contributed by atoms with Gasteiger partial charge in [0.25, 0.3) is 0 Å². The lowest BCUT2D eigenvalue weighted by atomic mass is 9.91. The molecule has 10 heteroatoms. The number of hydrogen-bond acceptors (Lipinski definition) is 7. The second kappa shape index (κ2) is 6.60. The Labute approximate surface area is 150 Å². The van der Waals surface area contributed by atoms with Gasteiger partial charge in [-0.1, -0.05) is 0 Å². The molecule has 0 spiro atoms. The van der Waals surface area contributed by atoms with Crippen molar-refractivity contribution in [3.05, 3.63) is 17.7 Å². The number of carbonyl (C=O) groups is 2. The Morgan fingerprint density at radius 1 is 1.31 bits per heavy atom. The second-order valence-electron chi connectivity index (χ2n) is 7.08. The molecule has 0 saturated carbocycles. The fourth-order valence-corrected chi connectivity index (χ4v) is 2.58. The van der Waals surface area contributed by atoms with Crippen LogP contribution in [0.2, 0.25) is 0 Å². The minimum Gasteiger partial charge on any atom is -0.531 e. The third kappa shape index (κ3) is 3.80. The Morgan fingerprint density at radius 3 is 2.62 bits per heavy atom. The van der Waals surface area contributed by atoms with Crippen molar-refractivity contribution in [2.75, 3.05) is 19.6 Å². The number of likely N-dealkylation sites (tertiary alicyclic amines) is 1. The van der Waals surface area contributed by atoms with E-state index in [0.717, 1.165) is 0 Å². The molecule has 0 unspecified atom stereocenters. The fourth-order valence-electron chi connectivity index (χ4n) is 2.58. The summed E-state index contributed by atoms with van der Waals surface area (Å²) in [6.07, 6.45) is -0.811. The largest absolute Gasteiger partial charge is 0.563 e. The maximum absolute atomic E-state index is 11.9. The minimum atomic E-state index is -1.27. The average molecular weight is 365 g/mol. The molecule has 1 aromatic carbocycles. The second-order valence-corrected chi connectivity index (χ2v) is 7.08. The van der Waals surface area contributed by atoms with Crippen molar-refractivity contribution < 1.29 is 38.6 Å². The maximum Gasteiger partial charge on any atom is 0.563 e. The van der Waals surface area contributed by atoms with E-state index in [1.54, 1.807) is 20.8 Å². The highest BCUT2D eigenvalue weighted by Gasteiger charge is 2.37. The predicted octanol–water partition coefficient (Wildman–Crippen LogP) is 1.17. The summed E-state index contributed by atoms with van der Waals surface area (Å²) in [5.41, 5.74) is -0.812. The lowest BCUT2D eigenvalue weighted by Gasteiger charge is -2.39. The summed E-state index contributed by atoms with van der Waals surface area (Å²) < 4.78 is 21.4. The van der Waals surface area contributed by atoms with Crippen LogP contribution < -0.4 is 14.1 Å². The van der Waals surface area contributed by atoms with Gasteiger partial charge in [-0.25, -0.2) is 9.59 Å². The van der Waals surface area contributed by atoms with Gasteiger partial charge in [0.1, 0.15) is 29.5 Å². The van der Waals surface area contributed by atoms with Crippen LogP contribution in [0.15, 0.2) is 12.1 Å². The summed E-state index contributed by atoms with van der Waals surface area (Å²) >= 11 is 0. The molecule has 1 saturated heterocycles. The Bertz CT molecular complexity index is 726. The number of fused-ring (bicyclic) bond motifs is 1. The van der Waals surface area contributed by atoms with E-state index in [1.807, 2.05) is 0 Å². The first-order valence-corrected chi connectivity index (χ1v) is 8.16. The molecule has 1 aromatic rings. The molecule has 0 aliphatic carbocycles. The van der Waals surface area contributed by atoms with E-state index in [4.69, 9.17) is 18.9 Å². The van der Waals surface area contributed by atoms with Crippen LogP contribution in [0.25, 0.3) is 0 Å². The van der Waals surface area contributed by atoms with Crippen LogP contribution >= 0.6 is 0 Å². The van der Waals surface area contributed by atoms with Gasteiger partial charge in [-0.3, -0.25) is 0 Å². The van der Waals surface area contributed by atoms with Gasteiger partial charge in [0.15, 0.2) is 11.5 Å². The summed E-state index contributed by atoms with van der Waals surface area (Å²) in [7, 11) is -1.25. The number of hydrogen-bond donors (Lipinski definition) is 2. The van der Waals surface area contributed by atoms with Gasteiger partial charge in [0.2, 0.25) is 0 Å². The Balaban J connectivity index is 1.69. The summed E-state index contributed by atoms with van der Waals surface area (Å²) in [5.74, 6) is -1.03. The number of carbonyl (C=O) groups excluding carboxylic acids is 1. The number of ether oxygens (including phenoxy) is 3. The zero-order valence-corrected chi connectivity index (χ0v) is 14.7. The van der Waals surface area contributed by atoms with Gasteiger partial charge >= 0.3 is 19.2 Å². The third-order valence-electron chi connectivity index (χ3n) is 3.73. The standard InChI is InChI=1S/C16H20BNO8/c1-16(2,3)25-15(21)18-6-9(7-18)24-10-4-5-11-13(12(10)14(19)20)26-17(22)8-23-11/h4-5,9,22H,6-8H2,1-3H3,(H,19,20). The molecule has 0 radical (unpaired) electrons. The summed E-state index contributed by atoms with van der Waals surface area (Å²) in [5, 5.41) is 19.0. The quantitative estimate of drug-likeness (QED) is 0.768. The number of benzene rings is 1. The molecule has 2 heterocycles. The van der Waals surface area contributed by atoms with E-state index in [1.165, 1.54) is 17.0 Å². The number of amides is 1. The van der Waals surface area contributed by atoms with Crippen LogP contribution in [-0.2, 0) is 4.74 Å². The Morgan fingerprint density at radius 2 is 2.00 bits per heavy atom. The average Bonchev–Trinajstić information content (AvgIpc) is 2.47. The molecule has 0 atom stereocenters. The number of rotatable bonds is 3. The van der Waals surface area contributed by atoms with Crippen molar-refractivity contribution in [3.8, 4) is 17.2 Å². The Kier molecular flexibility index (Phi) is 4.62. The van der Waals surface area contributed by atoms with Gasteiger partial charge in [0, 0.05) is 0 Å². The van der Waals surface area contributed by atoms with E-state index in [-0.39, 0.29) is 48.5 Å². The first kappa shape index (κ1) is 18.2. The normalized spacial score (nSPS) is 16.8. The zero-order valence-electron chi connectivity index (χ0n) is 14.7. The predicted molar refractivity (Wildman–Crippen MR) is 89.7 cm³/mol. The van der Waals surface area contributed by atoms with Crippen LogP contribution in [0.5, 0.6) is 17.2 Å². The van der Waals surface area contributed by atoms with E-state index in [0.29, 0.717) is 0 Å². The van der Waals surface area contributed by atoms with Crippen LogP contribution in [0.1, 0.15) is 31.1 Å². The molecule has 26 heavy (non-hydrogen) atoms. The highest BCUT2D eigenvalue weighted by atomic mass is 16.6. The highest BCUT2D eigenvalue weighted by molar-refractivity contribution is 6.44. The summed E-state index contributed by atoms with van der Waals surface area (Å²) in [4.78, 5) is 25.0. The molecule has 1 fully saturated rings. The topological polar surface area (TPSA) is 115 Å². The first-order valence-electron chi connectivity index (χ1n) is 8.16. The van der Waals surface area contributed by atoms with Crippen LogP contribution in [0.4, 0.5) is 4.79 Å². The maximum atomic E-state index is 11.9. The molecule has 9 nitrogen and oxygen atoms in total. The van der Waals surface area contributed by atoms with Gasteiger partial charge < -0.3 is 33.9 Å². The molecule has 0 bridgehead atoms. The number of carboxylic acid groups (broad SMARTS) is 1. The molecule has 2 N–H and O–H groups in total. The number of aromatic carboxylic acids is 1. The van der Waals surface area contributed by atoms with Crippen LogP contribution in [-0.4, -0.2) is 65.5 Å². The van der Waals surface area contributed by atoms with Crippen molar-refractivity contribution >= 4 is 19.2 Å². The molecule has 3 rings (SSSR count). The molecular weight excluding hydrogens is 345 g/mol. The van der Waals surface area contributed by atoms with Crippen molar-refractivity contribution in [1.29, 1.82) is 0 Å². The number of carboxylic acids is 1. The van der Waals surface area contributed by atoms with Crippen molar-refractivity contribution in [3.63, 3.8) is 0 Å². The molecule has 0 aromatic heterocycles. The monoisotopic (exact) mass is 365 g/mol. The SMILES string of the molecule is CC(C)(C)OC(=O)N1CC(Oc2ccc3c(c2C(=O)O)OB(O)CO3)C1. The van der Waals surface area contributed by atoms with Crippen molar-refractivity contribution in [1.82, 2.24) is 4.90 Å². The molecular formula is C16H20BNO8. The van der Waals surface area contributed by atoms with E-state index >= 15 is 0 Å². The van der Waals surface area contributed by atoms with Gasteiger partial charge in [-0.15, -0.1) is 0 Å². The molecule has 1 amide bonds. The van der Waals surface area contributed by atoms with Crippen molar-refractivity contribution in [2.45, 2.75) is 32.5 Å². The van der Waals surface area contributed by atoms with E-state index < -0.39 is 24.8 Å². The minimum absolute atomic E-state index is 0.0722. The van der Waals surface area contributed by atoms with Gasteiger partial charge in [-0.05, 0) is 32.9 Å². The lowest BCUT2D eigenvalue weighted by molar-refractivity contribution is -0.0225. The fraction of sp³-hybridized carbons (Fsp3) is 0.500. The summed E-state index contributed by atoms with van der Waals surface area (Å²) in [6, 6.07) is 2.99. The first-order chi connectivity index (χ1) is 12.1. The summed E-state index contributed by atoms with van der Waals surface area (Å²) in [6.45, 7) is 5.82. The zero-order chi connectivity index (χ0) is 19.1. The number of nitrogens with zero attached hydrogens (tertiary/aromatic N) is 1. The molecule has 2 aliphatic heterocycles. The Hall–Kier alpha value is -2.62. The lowest BCUT2D eigenvalue weighted by Crippen LogP contribution is -2.57. The van der Waals surface area contributed by atoms with E-state index in [9.17, 15) is 19.7 Å². The third-order valence-corrected chi connectivity index (χ3v) is 3.73.